The molecule has 0 saturated heterocycles. The molecule has 90 valence electrons. The van der Waals surface area contributed by atoms with E-state index in [-0.39, 0.29) is 16.6 Å². The molecular weight excluding hydrogens is 228 g/mol. The molecule has 0 atom stereocenters. The molecule has 0 saturated carbocycles. The highest BCUT2D eigenvalue weighted by Crippen LogP contribution is 2.27. The molecule has 0 unspecified atom stereocenters. The number of phenolic OH excluding ortho intramolecular Hbond substituents is 1. The van der Waals surface area contributed by atoms with Gasteiger partial charge in [-0.05, 0) is 43.2 Å². The molecule has 0 amide bonds. The maximum Gasteiger partial charge on any atom is 0.204 e. The van der Waals surface area contributed by atoms with Crippen LogP contribution in [0.25, 0.3) is 21.9 Å². The van der Waals surface area contributed by atoms with Crippen LogP contribution in [0.4, 0.5) is 0 Å². The van der Waals surface area contributed by atoms with Crippen molar-refractivity contribution in [2.45, 2.75) is 13.8 Å². The van der Waals surface area contributed by atoms with Gasteiger partial charge in [0.1, 0.15) is 22.3 Å². The zero-order valence-electron chi connectivity index (χ0n) is 10.2. The van der Waals surface area contributed by atoms with Crippen molar-refractivity contribution in [3.8, 4) is 5.75 Å². The first kappa shape index (κ1) is 10.8. The number of phenols is 1. The van der Waals surface area contributed by atoms with Gasteiger partial charge in [0.05, 0.1) is 5.39 Å². The van der Waals surface area contributed by atoms with Gasteiger partial charge >= 0.3 is 0 Å². The second-order valence-corrected chi connectivity index (χ2v) is 4.54. The highest BCUT2D eigenvalue weighted by atomic mass is 16.3. The van der Waals surface area contributed by atoms with Crippen LogP contribution in [0.5, 0.6) is 5.75 Å². The number of benzene rings is 2. The smallest absolute Gasteiger partial charge is 0.204 e. The predicted octanol–water partition coefficient (Wildman–Crippen LogP) is 3.27. The van der Waals surface area contributed by atoms with Crippen LogP contribution in [0, 0.1) is 13.8 Å². The van der Waals surface area contributed by atoms with Crippen LogP contribution in [0.3, 0.4) is 0 Å². The third-order valence-corrected chi connectivity index (χ3v) is 3.12. The molecule has 3 rings (SSSR count). The number of hydrogen-bond donors (Lipinski definition) is 1. The first-order valence-electron chi connectivity index (χ1n) is 5.73. The average molecular weight is 240 g/mol. The van der Waals surface area contributed by atoms with E-state index in [0.29, 0.717) is 16.6 Å². The van der Waals surface area contributed by atoms with E-state index in [0.717, 1.165) is 11.1 Å². The Labute approximate surface area is 103 Å². The molecule has 0 aliphatic carbocycles. The van der Waals surface area contributed by atoms with Gasteiger partial charge in [0.25, 0.3) is 0 Å². The third-order valence-electron chi connectivity index (χ3n) is 3.12. The number of aromatic hydroxyl groups is 1. The van der Waals surface area contributed by atoms with E-state index >= 15 is 0 Å². The van der Waals surface area contributed by atoms with E-state index in [1.165, 1.54) is 0 Å². The van der Waals surface area contributed by atoms with Crippen molar-refractivity contribution in [3.63, 3.8) is 0 Å². The molecule has 3 aromatic rings. The van der Waals surface area contributed by atoms with Crippen molar-refractivity contribution in [1.29, 1.82) is 0 Å². The van der Waals surface area contributed by atoms with Crippen LogP contribution in [-0.4, -0.2) is 5.11 Å². The Morgan fingerprint density at radius 1 is 1.17 bits per heavy atom. The number of rotatable bonds is 0. The fraction of sp³-hybridized carbons (Fsp3) is 0.133. The van der Waals surface area contributed by atoms with Crippen molar-refractivity contribution < 1.29 is 9.52 Å². The molecule has 0 radical (unpaired) electrons. The highest BCUT2D eigenvalue weighted by Gasteiger charge is 2.12. The van der Waals surface area contributed by atoms with Gasteiger partial charge in [-0.2, -0.15) is 0 Å². The Kier molecular flexibility index (Phi) is 2.17. The van der Waals surface area contributed by atoms with Crippen molar-refractivity contribution in [2.75, 3.05) is 0 Å². The summed E-state index contributed by atoms with van der Waals surface area (Å²) < 4.78 is 5.76. The van der Waals surface area contributed by atoms with Crippen LogP contribution in [0.15, 0.2) is 39.5 Å². The van der Waals surface area contributed by atoms with Crippen LogP contribution < -0.4 is 5.43 Å². The van der Waals surface area contributed by atoms with Crippen molar-refractivity contribution in [1.82, 2.24) is 0 Å². The average Bonchev–Trinajstić information content (AvgIpc) is 2.30. The summed E-state index contributed by atoms with van der Waals surface area (Å²) in [6, 6.07) is 8.76. The molecular formula is C15H12O3. The number of aryl methyl sites for hydroxylation is 2. The molecule has 1 N–H and O–H groups in total. The van der Waals surface area contributed by atoms with E-state index in [2.05, 4.69) is 0 Å². The topological polar surface area (TPSA) is 50.4 Å². The standard InChI is InChI=1S/C15H12O3/c1-8-6-11(16)13-12(7-8)18-15-9(2)4-3-5-10(15)14(13)17/h3-7,16H,1-2H3. The lowest BCUT2D eigenvalue weighted by atomic mass is 10.1. The lowest BCUT2D eigenvalue weighted by Crippen LogP contribution is -2.03. The van der Waals surface area contributed by atoms with Gasteiger partial charge < -0.3 is 9.52 Å². The first-order valence-corrected chi connectivity index (χ1v) is 5.73. The Morgan fingerprint density at radius 3 is 2.72 bits per heavy atom. The minimum absolute atomic E-state index is 0.0258. The van der Waals surface area contributed by atoms with Gasteiger partial charge in [-0.25, -0.2) is 0 Å². The van der Waals surface area contributed by atoms with Gasteiger partial charge in [0.15, 0.2) is 0 Å². The monoisotopic (exact) mass is 240 g/mol. The Balaban J connectivity index is 2.66. The summed E-state index contributed by atoms with van der Waals surface area (Å²) in [5, 5.41) is 10.7. The zero-order valence-corrected chi connectivity index (χ0v) is 10.2. The van der Waals surface area contributed by atoms with Crippen molar-refractivity contribution in [3.05, 3.63) is 51.7 Å². The fourth-order valence-corrected chi connectivity index (χ4v) is 2.25. The summed E-state index contributed by atoms with van der Waals surface area (Å²) in [6.45, 7) is 3.74. The second kappa shape index (κ2) is 3.60. The lowest BCUT2D eigenvalue weighted by Gasteiger charge is -2.06. The van der Waals surface area contributed by atoms with Gasteiger partial charge in [-0.3, -0.25) is 4.79 Å². The SMILES string of the molecule is Cc1cc(O)c2c(=O)c3cccc(C)c3oc2c1. The zero-order chi connectivity index (χ0) is 12.9. The number of para-hydroxylation sites is 1. The number of hydrogen-bond acceptors (Lipinski definition) is 3. The first-order chi connectivity index (χ1) is 8.58. The van der Waals surface area contributed by atoms with Gasteiger partial charge in [-0.1, -0.05) is 12.1 Å². The second-order valence-electron chi connectivity index (χ2n) is 4.54. The summed E-state index contributed by atoms with van der Waals surface area (Å²) in [6.07, 6.45) is 0. The van der Waals surface area contributed by atoms with E-state index in [9.17, 15) is 9.90 Å². The van der Waals surface area contributed by atoms with Gasteiger partial charge in [-0.15, -0.1) is 0 Å². The summed E-state index contributed by atoms with van der Waals surface area (Å²) in [4.78, 5) is 12.4. The van der Waals surface area contributed by atoms with Crippen molar-refractivity contribution >= 4 is 21.9 Å². The molecule has 2 aromatic carbocycles. The number of fused-ring (bicyclic) bond motifs is 2. The van der Waals surface area contributed by atoms with Crippen LogP contribution in [0.2, 0.25) is 0 Å². The van der Waals surface area contributed by atoms with Gasteiger partial charge in [0.2, 0.25) is 5.43 Å². The molecule has 0 spiro atoms. The maximum absolute atomic E-state index is 12.4. The third kappa shape index (κ3) is 1.40. The molecule has 18 heavy (non-hydrogen) atoms. The Bertz CT molecular complexity index is 828. The summed E-state index contributed by atoms with van der Waals surface area (Å²) in [5.41, 5.74) is 2.59. The molecule has 0 aliphatic heterocycles. The summed E-state index contributed by atoms with van der Waals surface area (Å²) >= 11 is 0. The van der Waals surface area contributed by atoms with Crippen LogP contribution in [0.1, 0.15) is 11.1 Å². The Morgan fingerprint density at radius 2 is 1.94 bits per heavy atom. The van der Waals surface area contributed by atoms with E-state index in [4.69, 9.17) is 4.42 Å². The quantitative estimate of drug-likeness (QED) is 0.613. The normalized spacial score (nSPS) is 11.2. The lowest BCUT2D eigenvalue weighted by molar-refractivity contribution is 0.480. The van der Waals surface area contributed by atoms with Crippen LogP contribution >= 0.6 is 0 Å². The highest BCUT2D eigenvalue weighted by molar-refractivity contribution is 5.94. The summed E-state index contributed by atoms with van der Waals surface area (Å²) in [7, 11) is 0. The fourth-order valence-electron chi connectivity index (χ4n) is 2.25. The Hall–Kier alpha value is -2.29. The molecule has 0 fully saturated rings. The predicted molar refractivity (Wildman–Crippen MR) is 71.1 cm³/mol. The van der Waals surface area contributed by atoms with Gasteiger partial charge in [0, 0.05) is 0 Å². The molecule has 3 nitrogen and oxygen atoms in total. The molecule has 0 bridgehead atoms. The summed E-state index contributed by atoms with van der Waals surface area (Å²) in [5.74, 6) is -0.0258. The maximum atomic E-state index is 12.4. The van der Waals surface area contributed by atoms with E-state index < -0.39 is 0 Å². The molecule has 1 heterocycles. The van der Waals surface area contributed by atoms with Crippen molar-refractivity contribution in [2.24, 2.45) is 0 Å². The minimum Gasteiger partial charge on any atom is -0.507 e. The molecule has 3 heteroatoms. The van der Waals surface area contributed by atoms with E-state index in [1.54, 1.807) is 18.2 Å². The largest absolute Gasteiger partial charge is 0.507 e. The molecule has 0 aliphatic rings. The van der Waals surface area contributed by atoms with E-state index in [1.807, 2.05) is 26.0 Å². The molecule has 1 aromatic heterocycles. The minimum atomic E-state index is -0.188. The van der Waals surface area contributed by atoms with Crippen LogP contribution in [-0.2, 0) is 0 Å².